The molecule has 1 N–H and O–H groups in total. The Bertz CT molecular complexity index is 1090. The van der Waals surface area contributed by atoms with E-state index in [2.05, 4.69) is 10.3 Å². The van der Waals surface area contributed by atoms with Crippen molar-refractivity contribution in [3.05, 3.63) is 76.8 Å². The lowest BCUT2D eigenvalue weighted by atomic mass is 9.98. The Balaban J connectivity index is 2.03. The molecule has 0 spiro atoms. The molecule has 7 nitrogen and oxygen atoms in total. The number of carbonyl (C=O) groups is 2. The summed E-state index contributed by atoms with van der Waals surface area (Å²) in [7, 11) is 0. The standard InChI is InChI=1S/C23H25N3O4/c1-3-15(2)20(23(29)30)25-21(27)19(13-16-9-5-4-6-10-16)26-14-24-18-12-8-7-11-17(18)22(26)28/h4-12,14-15,19-20H,3,13H2,1-2H3,(H,25,27)(H,29,30)/p-1/t15-,19+,20+/m1/s1. The summed E-state index contributed by atoms with van der Waals surface area (Å²) in [5.74, 6) is -2.23. The highest BCUT2D eigenvalue weighted by Crippen LogP contribution is 2.17. The SMILES string of the molecule is CC[C@@H](C)[C@H](NC(=O)[C@H](Cc1ccccc1)n1cnc2ccccc2c1=O)C(=O)[O-]. The highest BCUT2D eigenvalue weighted by Gasteiger charge is 2.27. The second kappa shape index (κ2) is 9.35. The summed E-state index contributed by atoms with van der Waals surface area (Å²) in [5, 5.41) is 14.6. The highest BCUT2D eigenvalue weighted by molar-refractivity contribution is 5.86. The second-order valence-corrected chi connectivity index (χ2v) is 7.37. The molecule has 0 aliphatic carbocycles. The van der Waals surface area contributed by atoms with Crippen LogP contribution in [0.2, 0.25) is 0 Å². The van der Waals surface area contributed by atoms with Crippen LogP contribution in [0.15, 0.2) is 65.7 Å². The monoisotopic (exact) mass is 406 g/mol. The van der Waals surface area contributed by atoms with Gasteiger partial charge in [0, 0.05) is 6.42 Å². The van der Waals surface area contributed by atoms with Crippen LogP contribution in [0.3, 0.4) is 0 Å². The molecule has 2 aromatic carbocycles. The number of rotatable bonds is 8. The van der Waals surface area contributed by atoms with Crippen LogP contribution in [-0.2, 0) is 16.0 Å². The van der Waals surface area contributed by atoms with Gasteiger partial charge in [-0.15, -0.1) is 0 Å². The Kier molecular flexibility index (Phi) is 6.61. The summed E-state index contributed by atoms with van der Waals surface area (Å²) < 4.78 is 1.27. The van der Waals surface area contributed by atoms with E-state index in [1.54, 1.807) is 31.2 Å². The summed E-state index contributed by atoms with van der Waals surface area (Å²) in [5.41, 5.74) is 1.02. The van der Waals surface area contributed by atoms with Crippen molar-refractivity contribution in [3.8, 4) is 0 Å². The first kappa shape index (κ1) is 21.2. The Morgan fingerprint density at radius 2 is 1.77 bits per heavy atom. The molecule has 3 aromatic rings. The quantitative estimate of drug-likeness (QED) is 0.610. The van der Waals surface area contributed by atoms with E-state index in [0.717, 1.165) is 5.56 Å². The van der Waals surface area contributed by atoms with Gasteiger partial charge in [-0.3, -0.25) is 14.2 Å². The number of carboxylic acid groups (broad SMARTS) is 1. The number of amides is 1. The molecule has 0 aliphatic rings. The van der Waals surface area contributed by atoms with Crippen LogP contribution in [0, 0.1) is 5.92 Å². The number of hydrogen-bond donors (Lipinski definition) is 1. The maximum atomic E-state index is 13.2. The largest absolute Gasteiger partial charge is 0.548 e. The smallest absolute Gasteiger partial charge is 0.261 e. The fourth-order valence-electron chi connectivity index (χ4n) is 3.38. The Morgan fingerprint density at radius 3 is 2.43 bits per heavy atom. The minimum absolute atomic E-state index is 0.215. The molecule has 156 valence electrons. The topological polar surface area (TPSA) is 104 Å². The van der Waals surface area contributed by atoms with Gasteiger partial charge in [0.25, 0.3) is 5.56 Å². The number of carboxylic acids is 1. The molecule has 0 saturated heterocycles. The van der Waals surface area contributed by atoms with E-state index in [9.17, 15) is 19.5 Å². The van der Waals surface area contributed by atoms with Crippen molar-refractivity contribution in [1.82, 2.24) is 14.9 Å². The summed E-state index contributed by atoms with van der Waals surface area (Å²) in [4.78, 5) is 42.2. The molecule has 0 radical (unpaired) electrons. The van der Waals surface area contributed by atoms with E-state index >= 15 is 0 Å². The molecule has 1 amide bonds. The molecule has 0 aliphatic heterocycles. The van der Waals surface area contributed by atoms with Gasteiger partial charge >= 0.3 is 0 Å². The zero-order chi connectivity index (χ0) is 21.7. The van der Waals surface area contributed by atoms with Crippen molar-refractivity contribution in [1.29, 1.82) is 0 Å². The van der Waals surface area contributed by atoms with Gasteiger partial charge in [0.1, 0.15) is 6.04 Å². The number of benzene rings is 2. The first-order chi connectivity index (χ1) is 14.4. The van der Waals surface area contributed by atoms with Gasteiger partial charge < -0.3 is 15.2 Å². The van der Waals surface area contributed by atoms with E-state index in [4.69, 9.17) is 0 Å². The summed E-state index contributed by atoms with van der Waals surface area (Å²) in [6, 6.07) is 14.0. The Labute approximate surface area is 174 Å². The molecule has 0 unspecified atom stereocenters. The predicted molar refractivity (Wildman–Crippen MR) is 112 cm³/mol. The van der Waals surface area contributed by atoms with Crippen LogP contribution in [-0.4, -0.2) is 27.5 Å². The summed E-state index contributed by atoms with van der Waals surface area (Å²) in [6.07, 6.45) is 2.11. The van der Waals surface area contributed by atoms with Crippen LogP contribution in [0.25, 0.3) is 10.9 Å². The molecule has 0 fully saturated rings. The van der Waals surface area contributed by atoms with Crippen LogP contribution < -0.4 is 16.0 Å². The molecule has 30 heavy (non-hydrogen) atoms. The number of nitrogens with one attached hydrogen (secondary N) is 1. The van der Waals surface area contributed by atoms with Crippen molar-refractivity contribution in [2.45, 2.75) is 38.8 Å². The maximum Gasteiger partial charge on any atom is 0.261 e. The van der Waals surface area contributed by atoms with Gasteiger partial charge in [0.05, 0.1) is 29.2 Å². The number of hydrogen-bond acceptors (Lipinski definition) is 5. The Morgan fingerprint density at radius 1 is 1.10 bits per heavy atom. The van der Waals surface area contributed by atoms with Gasteiger partial charge in [-0.05, 0) is 23.6 Å². The third kappa shape index (κ3) is 4.56. The van der Waals surface area contributed by atoms with Crippen molar-refractivity contribution in [2.75, 3.05) is 0 Å². The predicted octanol–water partition coefficient (Wildman–Crippen LogP) is 1.46. The van der Waals surface area contributed by atoms with Gasteiger partial charge in [-0.1, -0.05) is 62.7 Å². The zero-order valence-corrected chi connectivity index (χ0v) is 16.9. The Hall–Kier alpha value is -3.48. The first-order valence-electron chi connectivity index (χ1n) is 9.93. The zero-order valence-electron chi connectivity index (χ0n) is 16.9. The maximum absolute atomic E-state index is 13.2. The van der Waals surface area contributed by atoms with Gasteiger partial charge in [0.15, 0.2) is 0 Å². The number of carbonyl (C=O) groups excluding carboxylic acids is 2. The normalized spacial score (nSPS) is 14.1. The third-order valence-electron chi connectivity index (χ3n) is 5.37. The molecule has 1 aromatic heterocycles. The van der Waals surface area contributed by atoms with E-state index in [-0.39, 0.29) is 17.9 Å². The molecular formula is C23H24N3O4-. The minimum Gasteiger partial charge on any atom is -0.548 e. The number of nitrogens with zero attached hydrogens (tertiary/aromatic N) is 2. The molecule has 0 bridgehead atoms. The van der Waals surface area contributed by atoms with Gasteiger partial charge in [0.2, 0.25) is 5.91 Å². The minimum atomic E-state index is -1.35. The number of aromatic nitrogens is 2. The van der Waals surface area contributed by atoms with E-state index in [1.165, 1.54) is 10.9 Å². The first-order valence-corrected chi connectivity index (χ1v) is 9.93. The molecule has 0 saturated carbocycles. The molecular weight excluding hydrogens is 382 g/mol. The highest BCUT2D eigenvalue weighted by atomic mass is 16.4. The fourth-order valence-corrected chi connectivity index (χ4v) is 3.38. The molecule has 7 heteroatoms. The average Bonchev–Trinajstić information content (AvgIpc) is 2.76. The lowest BCUT2D eigenvalue weighted by molar-refractivity contribution is -0.309. The van der Waals surface area contributed by atoms with Crippen molar-refractivity contribution in [3.63, 3.8) is 0 Å². The summed E-state index contributed by atoms with van der Waals surface area (Å²) >= 11 is 0. The van der Waals surface area contributed by atoms with Crippen LogP contribution >= 0.6 is 0 Å². The second-order valence-electron chi connectivity index (χ2n) is 7.37. The van der Waals surface area contributed by atoms with Crippen molar-refractivity contribution < 1.29 is 14.7 Å². The number of fused-ring (bicyclic) bond motifs is 1. The van der Waals surface area contributed by atoms with E-state index in [0.29, 0.717) is 17.3 Å². The van der Waals surface area contributed by atoms with Gasteiger partial charge in [-0.2, -0.15) is 0 Å². The van der Waals surface area contributed by atoms with Gasteiger partial charge in [-0.25, -0.2) is 4.98 Å². The van der Waals surface area contributed by atoms with Crippen LogP contribution in [0.4, 0.5) is 0 Å². The average molecular weight is 406 g/mol. The lowest BCUT2D eigenvalue weighted by Crippen LogP contribution is -2.53. The van der Waals surface area contributed by atoms with E-state index in [1.807, 2.05) is 37.3 Å². The van der Waals surface area contributed by atoms with Crippen LogP contribution in [0.1, 0.15) is 31.9 Å². The number of para-hydroxylation sites is 1. The fraction of sp³-hybridized carbons (Fsp3) is 0.304. The molecule has 3 atom stereocenters. The van der Waals surface area contributed by atoms with Crippen molar-refractivity contribution >= 4 is 22.8 Å². The van der Waals surface area contributed by atoms with Crippen molar-refractivity contribution in [2.24, 2.45) is 5.92 Å². The third-order valence-corrected chi connectivity index (χ3v) is 5.37. The van der Waals surface area contributed by atoms with E-state index < -0.39 is 24.0 Å². The summed E-state index contributed by atoms with van der Waals surface area (Å²) in [6.45, 7) is 3.57. The number of aliphatic carboxylic acids is 1. The lowest BCUT2D eigenvalue weighted by Gasteiger charge is -2.28. The molecule has 1 heterocycles. The van der Waals surface area contributed by atoms with Crippen LogP contribution in [0.5, 0.6) is 0 Å². The molecule has 3 rings (SSSR count).